The smallest absolute Gasteiger partial charge is 0.263 e. The number of nitriles is 1. The lowest BCUT2D eigenvalue weighted by atomic mass is 9.71. The number of allylic oxidation sites excluding steroid dienone is 1. The van der Waals surface area contributed by atoms with Gasteiger partial charge in [-0.25, -0.2) is 10.1 Å². The summed E-state index contributed by atoms with van der Waals surface area (Å²) in [6.07, 6.45) is 3.73. The van der Waals surface area contributed by atoms with Crippen LogP contribution in [-0.4, -0.2) is 4.98 Å². The Bertz CT molecular complexity index is 2450. The van der Waals surface area contributed by atoms with E-state index in [4.69, 9.17) is 11.6 Å². The molecule has 3 heterocycles. The zero-order chi connectivity index (χ0) is 32.6. The van der Waals surface area contributed by atoms with Crippen LogP contribution in [0.4, 0.5) is 17.1 Å². The molecule has 9 rings (SSSR count). The third kappa shape index (κ3) is 3.94. The maximum atomic E-state index is 9.50. The van der Waals surface area contributed by atoms with E-state index in [1.54, 1.807) is 28.7 Å². The van der Waals surface area contributed by atoms with Crippen molar-refractivity contribution in [2.75, 3.05) is 4.90 Å². The number of aryl methyl sites for hydroxylation is 2. The van der Waals surface area contributed by atoms with Gasteiger partial charge in [-0.3, -0.25) is 4.98 Å². The van der Waals surface area contributed by atoms with Crippen molar-refractivity contribution in [3.05, 3.63) is 171 Å². The minimum atomic E-state index is -0.574. The fourth-order valence-corrected chi connectivity index (χ4v) is 10.2. The Morgan fingerprint density at radius 1 is 0.792 bits per heavy atom. The molecule has 0 saturated heterocycles. The van der Waals surface area contributed by atoms with Crippen LogP contribution in [0.5, 0.6) is 0 Å². The Morgan fingerprint density at radius 3 is 1.98 bits per heavy atom. The Balaban J connectivity index is 1.36. The van der Waals surface area contributed by atoms with Crippen LogP contribution in [0.2, 0.25) is 0 Å². The van der Waals surface area contributed by atoms with E-state index >= 15 is 0 Å². The SMILES string of the molecule is [C-]#[N+]/C(C#N)=C\c1cc2sc3c(c2s1)C1(c2ccccc2-c2ccccc21)c1cc(N(c2ccc(C)cc2)c2ccc(C)cc2)cnc1-3. The van der Waals surface area contributed by atoms with Gasteiger partial charge in [0.25, 0.3) is 5.70 Å². The van der Waals surface area contributed by atoms with Crippen LogP contribution in [-0.2, 0) is 5.41 Å². The number of fused-ring (bicyclic) bond motifs is 12. The van der Waals surface area contributed by atoms with E-state index < -0.39 is 5.41 Å². The second kappa shape index (κ2) is 10.6. The van der Waals surface area contributed by atoms with Gasteiger partial charge < -0.3 is 4.90 Å². The molecule has 2 aliphatic rings. The second-order valence-electron chi connectivity index (χ2n) is 12.3. The molecule has 0 aliphatic heterocycles. The van der Waals surface area contributed by atoms with Gasteiger partial charge in [-0.2, -0.15) is 0 Å². The van der Waals surface area contributed by atoms with Gasteiger partial charge in [-0.15, -0.1) is 22.7 Å². The molecule has 0 amide bonds. The highest BCUT2D eigenvalue weighted by atomic mass is 32.1. The van der Waals surface area contributed by atoms with E-state index in [2.05, 4.69) is 133 Å². The van der Waals surface area contributed by atoms with Gasteiger partial charge in [0.15, 0.2) is 0 Å². The molecule has 6 heteroatoms. The van der Waals surface area contributed by atoms with E-state index in [1.165, 1.54) is 54.1 Å². The van der Waals surface area contributed by atoms with Gasteiger partial charge in [0.2, 0.25) is 0 Å². The van der Waals surface area contributed by atoms with Gasteiger partial charge in [0.1, 0.15) is 0 Å². The summed E-state index contributed by atoms with van der Waals surface area (Å²) >= 11 is 3.41. The Kier molecular flexibility index (Phi) is 6.29. The molecule has 1 spiro atoms. The Labute approximate surface area is 287 Å². The normalized spacial score (nSPS) is 13.5. The van der Waals surface area contributed by atoms with E-state index in [-0.39, 0.29) is 5.70 Å². The Hall–Kier alpha value is -5.79. The second-order valence-corrected chi connectivity index (χ2v) is 14.5. The molecular weight excluding hydrogens is 625 g/mol. The van der Waals surface area contributed by atoms with Crippen molar-refractivity contribution >= 4 is 55.2 Å². The zero-order valence-electron chi connectivity index (χ0n) is 26.2. The summed E-state index contributed by atoms with van der Waals surface area (Å²) in [6.45, 7) is 11.7. The molecule has 3 aromatic heterocycles. The highest BCUT2D eigenvalue weighted by Crippen LogP contribution is 2.66. The van der Waals surface area contributed by atoms with Crippen LogP contribution in [0.3, 0.4) is 0 Å². The fraction of sp³-hybridized carbons (Fsp3) is 0.0714. The first-order chi connectivity index (χ1) is 23.5. The number of aromatic nitrogens is 1. The van der Waals surface area contributed by atoms with Gasteiger partial charge in [-0.05, 0) is 78.6 Å². The number of nitrogens with zero attached hydrogens (tertiary/aromatic N) is 4. The molecule has 0 saturated carbocycles. The molecule has 0 fully saturated rings. The van der Waals surface area contributed by atoms with Gasteiger partial charge >= 0.3 is 0 Å². The first-order valence-corrected chi connectivity index (χ1v) is 17.3. The first-order valence-electron chi connectivity index (χ1n) is 15.7. The standard InChI is InChI=1S/C42H26N4S2/c1-25-12-16-28(17-13-25)46(29-18-14-26(2)15-19-29)30-21-36-39(45-24-30)41-38(40-37(48-41)22-31(47-40)20-27(23-43)44-3)42(36)34-10-6-4-8-32(34)33-9-5-7-11-35(33)42/h4-22,24H,1-2H3/b27-20-. The minimum Gasteiger partial charge on any atom is -0.309 e. The van der Waals surface area contributed by atoms with E-state index in [9.17, 15) is 5.26 Å². The predicted octanol–water partition coefficient (Wildman–Crippen LogP) is 11.6. The molecule has 4 aromatic carbocycles. The van der Waals surface area contributed by atoms with Crippen LogP contribution in [0.1, 0.15) is 38.3 Å². The number of anilines is 3. The monoisotopic (exact) mass is 650 g/mol. The average molecular weight is 651 g/mol. The molecule has 0 N–H and O–H groups in total. The highest BCUT2D eigenvalue weighted by Gasteiger charge is 2.54. The Morgan fingerprint density at radius 2 is 1.40 bits per heavy atom. The minimum absolute atomic E-state index is 0.0914. The summed E-state index contributed by atoms with van der Waals surface area (Å²) in [4.78, 5) is 13.1. The molecule has 4 nitrogen and oxygen atoms in total. The van der Waals surface area contributed by atoms with Crippen molar-refractivity contribution in [3.8, 4) is 27.8 Å². The van der Waals surface area contributed by atoms with Gasteiger partial charge in [0, 0.05) is 32.1 Å². The van der Waals surface area contributed by atoms with Crippen LogP contribution >= 0.6 is 22.7 Å². The molecule has 2 aliphatic carbocycles. The number of pyridine rings is 1. The summed E-state index contributed by atoms with van der Waals surface area (Å²) < 4.78 is 2.33. The molecular formula is C42H26N4S2. The number of thiophene rings is 2. The number of hydrogen-bond acceptors (Lipinski definition) is 5. The predicted molar refractivity (Wildman–Crippen MR) is 198 cm³/mol. The van der Waals surface area contributed by atoms with Gasteiger partial charge in [0.05, 0.1) is 45.2 Å². The summed E-state index contributed by atoms with van der Waals surface area (Å²) in [5.41, 5.74) is 13.5. The summed E-state index contributed by atoms with van der Waals surface area (Å²) in [5.74, 6) is 0. The molecule has 48 heavy (non-hydrogen) atoms. The first kappa shape index (κ1) is 28.4. The molecule has 0 radical (unpaired) electrons. The molecule has 0 unspecified atom stereocenters. The third-order valence-electron chi connectivity index (χ3n) is 9.56. The van der Waals surface area contributed by atoms with Crippen molar-refractivity contribution in [2.45, 2.75) is 19.3 Å². The summed E-state index contributed by atoms with van der Waals surface area (Å²) in [5, 5.41) is 9.50. The molecule has 226 valence electrons. The van der Waals surface area contributed by atoms with Crippen LogP contribution in [0, 0.1) is 31.8 Å². The lowest BCUT2D eigenvalue weighted by molar-refractivity contribution is 0.801. The van der Waals surface area contributed by atoms with E-state index in [0.29, 0.717) is 0 Å². The summed E-state index contributed by atoms with van der Waals surface area (Å²) in [7, 11) is 0. The topological polar surface area (TPSA) is 44.3 Å². The number of hydrogen-bond donors (Lipinski definition) is 0. The third-order valence-corrected chi connectivity index (χ3v) is 11.9. The van der Waals surface area contributed by atoms with E-state index in [0.717, 1.165) is 32.3 Å². The van der Waals surface area contributed by atoms with Crippen molar-refractivity contribution in [3.63, 3.8) is 0 Å². The number of benzene rings is 4. The highest BCUT2D eigenvalue weighted by molar-refractivity contribution is 7.30. The summed E-state index contributed by atoms with van der Waals surface area (Å²) in [6, 6.07) is 41.4. The average Bonchev–Trinajstić information content (AvgIpc) is 3.83. The van der Waals surface area contributed by atoms with Crippen molar-refractivity contribution < 1.29 is 0 Å². The van der Waals surface area contributed by atoms with Crippen LogP contribution < -0.4 is 4.90 Å². The molecule has 0 atom stereocenters. The van der Waals surface area contributed by atoms with Gasteiger partial charge in [-0.1, -0.05) is 83.9 Å². The van der Waals surface area contributed by atoms with Crippen molar-refractivity contribution in [1.29, 1.82) is 5.26 Å². The van der Waals surface area contributed by atoms with Crippen LogP contribution in [0.25, 0.3) is 42.0 Å². The maximum absolute atomic E-state index is 9.50. The lowest BCUT2D eigenvalue weighted by Gasteiger charge is -2.31. The zero-order valence-corrected chi connectivity index (χ0v) is 27.8. The fourth-order valence-electron chi connectivity index (χ4n) is 7.52. The molecule has 7 aromatic rings. The maximum Gasteiger partial charge on any atom is 0.263 e. The van der Waals surface area contributed by atoms with Crippen molar-refractivity contribution in [1.82, 2.24) is 4.98 Å². The largest absolute Gasteiger partial charge is 0.309 e. The lowest BCUT2D eigenvalue weighted by Crippen LogP contribution is -2.26. The molecule has 0 bridgehead atoms. The van der Waals surface area contributed by atoms with Crippen molar-refractivity contribution in [2.24, 2.45) is 0 Å². The quantitative estimate of drug-likeness (QED) is 0.141. The van der Waals surface area contributed by atoms with Crippen LogP contribution in [0.15, 0.2) is 121 Å². The van der Waals surface area contributed by atoms with E-state index in [1.807, 2.05) is 12.3 Å². The number of rotatable bonds is 4.